The molecule has 0 saturated heterocycles. The van der Waals surface area contributed by atoms with Gasteiger partial charge in [0, 0.05) is 25.4 Å². The fraction of sp³-hybridized carbons (Fsp3) is 0.923. The maximum Gasteiger partial charge on any atom is 0.191 e. The van der Waals surface area contributed by atoms with Gasteiger partial charge in [0.1, 0.15) is 0 Å². The van der Waals surface area contributed by atoms with Crippen LogP contribution in [-0.2, 0) is 0 Å². The lowest BCUT2D eigenvalue weighted by molar-refractivity contribution is 0.131. The second-order valence-corrected chi connectivity index (χ2v) is 6.34. The van der Waals surface area contributed by atoms with Crippen LogP contribution in [-0.4, -0.2) is 37.6 Å². The van der Waals surface area contributed by atoms with Crippen molar-refractivity contribution in [3.63, 3.8) is 0 Å². The molecule has 1 unspecified atom stereocenters. The summed E-state index contributed by atoms with van der Waals surface area (Å²) in [5, 5.41) is 7.48. The van der Waals surface area contributed by atoms with Crippen LogP contribution in [0.2, 0.25) is 0 Å². The number of hydrogen-bond donors (Lipinski definition) is 2. The monoisotopic (exact) mass is 385 g/mol. The Morgan fingerprint density at radius 2 is 2.06 bits per heavy atom. The van der Waals surface area contributed by atoms with Crippen LogP contribution in [0.5, 0.6) is 0 Å². The van der Waals surface area contributed by atoms with Crippen LogP contribution in [0, 0.1) is 5.41 Å². The Hall–Kier alpha value is 0.350. The predicted molar refractivity (Wildman–Crippen MR) is 94.3 cm³/mol. The van der Waals surface area contributed by atoms with Gasteiger partial charge in [-0.05, 0) is 30.9 Å². The van der Waals surface area contributed by atoms with Gasteiger partial charge in [0.2, 0.25) is 0 Å². The zero-order chi connectivity index (χ0) is 12.7. The number of nitrogens with zero attached hydrogens (tertiary/aromatic N) is 1. The number of hydrogen-bond acceptors (Lipinski definition) is 2. The van der Waals surface area contributed by atoms with E-state index >= 15 is 0 Å². The van der Waals surface area contributed by atoms with E-state index in [4.69, 9.17) is 0 Å². The van der Waals surface area contributed by atoms with Gasteiger partial charge in [-0.2, -0.15) is 11.8 Å². The van der Waals surface area contributed by atoms with E-state index in [-0.39, 0.29) is 24.0 Å². The first-order valence-electron chi connectivity index (χ1n) is 6.63. The summed E-state index contributed by atoms with van der Waals surface area (Å²) in [6.45, 7) is 6.56. The van der Waals surface area contributed by atoms with Gasteiger partial charge in [0.25, 0.3) is 0 Å². The number of thioether (sulfide) groups is 1. The molecule has 1 fully saturated rings. The van der Waals surface area contributed by atoms with E-state index in [0.717, 1.165) is 19.0 Å². The van der Waals surface area contributed by atoms with Gasteiger partial charge in [-0.15, -0.1) is 24.0 Å². The fourth-order valence-corrected chi connectivity index (χ4v) is 2.40. The Bertz CT molecular complexity index is 249. The van der Waals surface area contributed by atoms with E-state index in [1.807, 2.05) is 18.8 Å². The van der Waals surface area contributed by atoms with Crippen molar-refractivity contribution in [3.05, 3.63) is 0 Å². The second-order valence-electron chi connectivity index (χ2n) is 5.06. The summed E-state index contributed by atoms with van der Waals surface area (Å²) in [4.78, 5) is 4.28. The molecule has 0 aromatic heterocycles. The highest BCUT2D eigenvalue weighted by molar-refractivity contribution is 14.0. The first-order chi connectivity index (χ1) is 8.15. The zero-order valence-corrected chi connectivity index (χ0v) is 15.2. The maximum absolute atomic E-state index is 4.28. The molecule has 5 heteroatoms. The molecule has 0 aliphatic heterocycles. The summed E-state index contributed by atoms with van der Waals surface area (Å²) in [5.74, 6) is 0.950. The second kappa shape index (κ2) is 9.28. The van der Waals surface area contributed by atoms with Gasteiger partial charge >= 0.3 is 0 Å². The van der Waals surface area contributed by atoms with Crippen molar-refractivity contribution in [1.29, 1.82) is 0 Å². The molecule has 1 aliphatic carbocycles. The SMILES string of the molecule is CCC1(CNC(=NC)NCC(C)SC)CCC1.I. The van der Waals surface area contributed by atoms with E-state index in [0.29, 0.717) is 10.7 Å². The molecule has 0 bridgehead atoms. The van der Waals surface area contributed by atoms with E-state index in [1.54, 1.807) is 0 Å². The largest absolute Gasteiger partial charge is 0.356 e. The fourth-order valence-electron chi connectivity index (χ4n) is 2.15. The number of rotatable bonds is 6. The molecular weight excluding hydrogens is 357 g/mol. The molecule has 0 amide bonds. The van der Waals surface area contributed by atoms with Crippen molar-refractivity contribution < 1.29 is 0 Å². The van der Waals surface area contributed by atoms with Crippen molar-refractivity contribution in [1.82, 2.24) is 10.6 Å². The number of nitrogens with one attached hydrogen (secondary N) is 2. The van der Waals surface area contributed by atoms with Crippen LogP contribution in [0.25, 0.3) is 0 Å². The van der Waals surface area contributed by atoms with E-state index in [2.05, 4.69) is 35.7 Å². The van der Waals surface area contributed by atoms with Crippen LogP contribution in [0.1, 0.15) is 39.5 Å². The van der Waals surface area contributed by atoms with Crippen LogP contribution >= 0.6 is 35.7 Å². The minimum atomic E-state index is 0. The molecule has 0 heterocycles. The molecular formula is C13H28IN3S. The van der Waals surface area contributed by atoms with Crippen molar-refractivity contribution in [2.24, 2.45) is 10.4 Å². The Balaban J connectivity index is 0.00000289. The van der Waals surface area contributed by atoms with E-state index in [9.17, 15) is 0 Å². The Kier molecular flexibility index (Phi) is 9.47. The molecule has 2 N–H and O–H groups in total. The minimum Gasteiger partial charge on any atom is -0.356 e. The van der Waals surface area contributed by atoms with Gasteiger partial charge in [0.05, 0.1) is 0 Å². The Morgan fingerprint density at radius 3 is 2.44 bits per heavy atom. The first kappa shape index (κ1) is 18.4. The van der Waals surface area contributed by atoms with E-state index < -0.39 is 0 Å². The predicted octanol–water partition coefficient (Wildman–Crippen LogP) is 3.10. The van der Waals surface area contributed by atoms with Crippen LogP contribution in [0.3, 0.4) is 0 Å². The van der Waals surface area contributed by atoms with Crippen LogP contribution < -0.4 is 10.6 Å². The average Bonchev–Trinajstić information content (AvgIpc) is 2.31. The van der Waals surface area contributed by atoms with E-state index in [1.165, 1.54) is 25.7 Å². The first-order valence-corrected chi connectivity index (χ1v) is 7.92. The molecule has 18 heavy (non-hydrogen) atoms. The molecule has 0 spiro atoms. The highest BCUT2D eigenvalue weighted by Gasteiger charge is 2.34. The topological polar surface area (TPSA) is 36.4 Å². The highest BCUT2D eigenvalue weighted by Crippen LogP contribution is 2.42. The van der Waals surface area contributed by atoms with Gasteiger partial charge in [-0.25, -0.2) is 0 Å². The van der Waals surface area contributed by atoms with Crippen molar-refractivity contribution in [2.45, 2.75) is 44.8 Å². The van der Waals surface area contributed by atoms with Crippen LogP contribution in [0.4, 0.5) is 0 Å². The summed E-state index contributed by atoms with van der Waals surface area (Å²) in [7, 11) is 1.85. The molecule has 1 rings (SSSR count). The number of guanidine groups is 1. The zero-order valence-electron chi connectivity index (χ0n) is 12.1. The lowest BCUT2D eigenvalue weighted by Gasteiger charge is -2.41. The summed E-state index contributed by atoms with van der Waals surface area (Å²) >= 11 is 1.88. The molecule has 1 atom stereocenters. The summed E-state index contributed by atoms with van der Waals surface area (Å²) in [6.07, 6.45) is 7.55. The van der Waals surface area contributed by atoms with Crippen molar-refractivity contribution >= 4 is 41.7 Å². The van der Waals surface area contributed by atoms with Gasteiger partial charge in [-0.1, -0.05) is 20.3 Å². The molecule has 0 aromatic rings. The van der Waals surface area contributed by atoms with Crippen molar-refractivity contribution in [3.8, 4) is 0 Å². The number of aliphatic imine (C=N–C) groups is 1. The van der Waals surface area contributed by atoms with Gasteiger partial charge < -0.3 is 10.6 Å². The smallest absolute Gasteiger partial charge is 0.191 e. The normalized spacial score (nSPS) is 19.4. The highest BCUT2D eigenvalue weighted by atomic mass is 127. The Morgan fingerprint density at radius 1 is 1.39 bits per heavy atom. The molecule has 3 nitrogen and oxygen atoms in total. The Labute approximate surface area is 133 Å². The summed E-state index contributed by atoms with van der Waals surface area (Å²) in [6, 6.07) is 0. The minimum absolute atomic E-state index is 0. The lowest BCUT2D eigenvalue weighted by Crippen LogP contribution is -2.47. The maximum atomic E-state index is 4.28. The molecule has 0 radical (unpaired) electrons. The van der Waals surface area contributed by atoms with Gasteiger partial charge in [0.15, 0.2) is 5.96 Å². The van der Waals surface area contributed by atoms with Crippen LogP contribution in [0.15, 0.2) is 4.99 Å². The molecule has 1 aliphatic rings. The summed E-state index contributed by atoms with van der Waals surface area (Å²) < 4.78 is 0. The molecule has 108 valence electrons. The third kappa shape index (κ3) is 5.55. The van der Waals surface area contributed by atoms with Gasteiger partial charge in [-0.3, -0.25) is 4.99 Å². The number of halogens is 1. The standard InChI is InChI=1S/C13H27N3S.HI/c1-5-13(7-6-8-13)10-16-12(14-3)15-9-11(2)17-4;/h11H,5-10H2,1-4H3,(H2,14,15,16);1H. The third-order valence-electron chi connectivity index (χ3n) is 3.98. The average molecular weight is 385 g/mol. The molecule has 0 aromatic carbocycles. The third-order valence-corrected chi connectivity index (χ3v) is 4.95. The summed E-state index contributed by atoms with van der Waals surface area (Å²) in [5.41, 5.74) is 0.544. The van der Waals surface area contributed by atoms with Crippen molar-refractivity contribution in [2.75, 3.05) is 26.4 Å². The lowest BCUT2D eigenvalue weighted by atomic mass is 9.67. The molecule has 1 saturated carbocycles. The quantitative estimate of drug-likeness (QED) is 0.419.